The first-order valence-corrected chi connectivity index (χ1v) is 9.72. The van der Waals surface area contributed by atoms with E-state index in [9.17, 15) is 4.79 Å². The van der Waals surface area contributed by atoms with Crippen LogP contribution in [0, 0.1) is 0 Å². The molecule has 1 rings (SSSR count). The maximum atomic E-state index is 11.8. The second-order valence-electron chi connectivity index (χ2n) is 6.07. The van der Waals surface area contributed by atoms with Gasteiger partial charge < -0.3 is 20.7 Å². The average Bonchev–Trinajstić information content (AvgIpc) is 2.70. The van der Waals surface area contributed by atoms with Gasteiger partial charge in [-0.15, -0.1) is 24.0 Å². The predicted molar refractivity (Wildman–Crippen MR) is 126 cm³/mol. The summed E-state index contributed by atoms with van der Waals surface area (Å²) in [5.41, 5.74) is 1.27. The fourth-order valence-electron chi connectivity index (χ4n) is 2.83. The highest BCUT2D eigenvalue weighted by molar-refractivity contribution is 14.0. The number of rotatable bonds is 12. The van der Waals surface area contributed by atoms with Crippen molar-refractivity contribution in [2.45, 2.75) is 26.8 Å². The number of halogens is 1. The minimum Gasteiger partial charge on any atom is -0.383 e. The van der Waals surface area contributed by atoms with Crippen molar-refractivity contribution in [1.29, 1.82) is 0 Å². The molecule has 0 saturated carbocycles. The summed E-state index contributed by atoms with van der Waals surface area (Å²) >= 11 is 0. The van der Waals surface area contributed by atoms with Gasteiger partial charge in [0.15, 0.2) is 5.96 Å². The summed E-state index contributed by atoms with van der Waals surface area (Å²) in [5, 5.41) is 9.36. The maximum absolute atomic E-state index is 11.8. The lowest BCUT2D eigenvalue weighted by Crippen LogP contribution is -2.43. The number of likely N-dealkylation sites (N-methyl/N-ethyl adjacent to an activating group) is 1. The van der Waals surface area contributed by atoms with Gasteiger partial charge in [0.05, 0.1) is 12.6 Å². The molecule has 1 unspecified atom stereocenters. The molecule has 3 N–H and O–H groups in total. The molecule has 1 aromatic rings. The largest absolute Gasteiger partial charge is 0.383 e. The minimum atomic E-state index is -0.118. The van der Waals surface area contributed by atoms with Crippen LogP contribution >= 0.6 is 24.0 Å². The Labute approximate surface area is 186 Å². The van der Waals surface area contributed by atoms with Crippen LogP contribution in [0.1, 0.15) is 32.4 Å². The van der Waals surface area contributed by atoms with Crippen LogP contribution in [0.15, 0.2) is 35.3 Å². The molecule has 1 atom stereocenters. The highest BCUT2D eigenvalue weighted by Gasteiger charge is 2.18. The van der Waals surface area contributed by atoms with Crippen LogP contribution in [-0.4, -0.2) is 69.8 Å². The predicted octanol–water partition coefficient (Wildman–Crippen LogP) is 2.01. The summed E-state index contributed by atoms with van der Waals surface area (Å²) in [7, 11) is 1.61. The van der Waals surface area contributed by atoms with E-state index in [1.165, 1.54) is 5.56 Å². The fraction of sp³-hybridized carbons (Fsp3) is 0.600. The Bertz CT molecular complexity index is 553. The molecule has 0 bridgehead atoms. The number of benzene rings is 1. The zero-order chi connectivity index (χ0) is 19.9. The van der Waals surface area contributed by atoms with Crippen LogP contribution in [0.25, 0.3) is 0 Å². The normalized spacial score (nSPS) is 12.2. The Morgan fingerprint density at radius 1 is 1.11 bits per heavy atom. The van der Waals surface area contributed by atoms with Gasteiger partial charge in [-0.25, -0.2) is 4.99 Å². The minimum absolute atomic E-state index is 0. The number of guanidine groups is 1. The topological polar surface area (TPSA) is 78.0 Å². The molecule has 0 aliphatic heterocycles. The van der Waals surface area contributed by atoms with E-state index in [0.717, 1.165) is 19.6 Å². The van der Waals surface area contributed by atoms with Crippen molar-refractivity contribution in [2.24, 2.45) is 4.99 Å². The molecular weight excluding hydrogens is 469 g/mol. The van der Waals surface area contributed by atoms with E-state index in [4.69, 9.17) is 4.74 Å². The molecule has 0 fully saturated rings. The smallest absolute Gasteiger partial charge is 0.241 e. The number of nitrogens with one attached hydrogen (secondary N) is 3. The number of carbonyl (C=O) groups is 1. The summed E-state index contributed by atoms with van der Waals surface area (Å²) < 4.78 is 4.93. The Hall–Kier alpha value is -1.39. The quantitative estimate of drug-likeness (QED) is 0.175. The molecule has 0 aliphatic carbocycles. The molecule has 1 aromatic carbocycles. The van der Waals surface area contributed by atoms with E-state index >= 15 is 0 Å². The summed E-state index contributed by atoms with van der Waals surface area (Å²) in [6, 6.07) is 10.7. The van der Waals surface area contributed by atoms with Crippen LogP contribution in [0.5, 0.6) is 0 Å². The number of methoxy groups -OCH3 is 1. The summed E-state index contributed by atoms with van der Waals surface area (Å²) in [6.45, 7) is 10.8. The third-order valence-corrected chi connectivity index (χ3v) is 4.25. The Balaban J connectivity index is 0.00000729. The molecule has 0 radical (unpaired) electrons. The van der Waals surface area contributed by atoms with Crippen molar-refractivity contribution in [3.8, 4) is 0 Å². The molecule has 0 spiro atoms. The van der Waals surface area contributed by atoms with Crippen LogP contribution in [-0.2, 0) is 9.53 Å². The van der Waals surface area contributed by atoms with Crippen LogP contribution < -0.4 is 16.0 Å². The molecule has 0 heterocycles. The fourth-order valence-corrected chi connectivity index (χ4v) is 2.83. The first-order chi connectivity index (χ1) is 13.2. The van der Waals surface area contributed by atoms with E-state index in [0.29, 0.717) is 25.7 Å². The van der Waals surface area contributed by atoms with E-state index in [-0.39, 0.29) is 42.5 Å². The van der Waals surface area contributed by atoms with Crippen molar-refractivity contribution in [2.75, 3.05) is 53.0 Å². The second kappa shape index (κ2) is 16.6. The van der Waals surface area contributed by atoms with Crippen molar-refractivity contribution in [3.63, 3.8) is 0 Å². The number of aliphatic imine (C=N–C) groups is 1. The second-order valence-corrected chi connectivity index (χ2v) is 6.07. The Kier molecular flexibility index (Phi) is 15.7. The number of carbonyl (C=O) groups excluding carboxylic acids is 1. The van der Waals surface area contributed by atoms with Gasteiger partial charge in [0.1, 0.15) is 6.54 Å². The standard InChI is InChI=1S/C20H35N5O2.HI/c1-5-21-20(24-16-19(26)22-13-14-27-4)23-15-18(25(6-2)7-3)17-11-9-8-10-12-17;/h8-12,18H,5-7,13-16H2,1-4H3,(H,22,26)(H2,21,23,24);1H. The van der Waals surface area contributed by atoms with Crippen molar-refractivity contribution in [3.05, 3.63) is 35.9 Å². The van der Waals surface area contributed by atoms with E-state index < -0.39 is 0 Å². The SMILES string of the molecule is CCNC(=NCC(=O)NCCOC)NCC(c1ccccc1)N(CC)CC.I. The maximum Gasteiger partial charge on any atom is 0.241 e. The van der Waals surface area contributed by atoms with E-state index in [1.54, 1.807) is 7.11 Å². The molecule has 7 nitrogen and oxygen atoms in total. The molecule has 0 saturated heterocycles. The average molecular weight is 505 g/mol. The molecule has 160 valence electrons. The van der Waals surface area contributed by atoms with Gasteiger partial charge in [-0.3, -0.25) is 9.69 Å². The first-order valence-electron chi connectivity index (χ1n) is 9.72. The monoisotopic (exact) mass is 505 g/mol. The van der Waals surface area contributed by atoms with Gasteiger partial charge in [0.2, 0.25) is 5.91 Å². The number of ether oxygens (including phenoxy) is 1. The Morgan fingerprint density at radius 2 is 1.79 bits per heavy atom. The highest BCUT2D eigenvalue weighted by Crippen LogP contribution is 2.19. The zero-order valence-electron chi connectivity index (χ0n) is 17.5. The van der Waals surface area contributed by atoms with E-state index in [1.807, 2.05) is 13.0 Å². The molecule has 0 aliphatic rings. The first kappa shape index (κ1) is 26.6. The number of nitrogens with zero attached hydrogens (tertiary/aromatic N) is 2. The molecule has 8 heteroatoms. The van der Waals surface area contributed by atoms with Gasteiger partial charge in [-0.1, -0.05) is 44.2 Å². The lowest BCUT2D eigenvalue weighted by Gasteiger charge is -2.30. The summed E-state index contributed by atoms with van der Waals surface area (Å²) in [5.74, 6) is 0.528. The van der Waals surface area contributed by atoms with Gasteiger partial charge >= 0.3 is 0 Å². The van der Waals surface area contributed by atoms with E-state index in [2.05, 4.69) is 64.0 Å². The van der Waals surface area contributed by atoms with Gasteiger partial charge in [-0.2, -0.15) is 0 Å². The summed E-state index contributed by atoms with van der Waals surface area (Å²) in [4.78, 5) is 18.6. The van der Waals surface area contributed by atoms with Gasteiger partial charge in [0.25, 0.3) is 0 Å². The number of hydrogen-bond donors (Lipinski definition) is 3. The molecule has 0 aromatic heterocycles. The lowest BCUT2D eigenvalue weighted by atomic mass is 10.1. The van der Waals surface area contributed by atoms with Crippen LogP contribution in [0.3, 0.4) is 0 Å². The lowest BCUT2D eigenvalue weighted by molar-refractivity contribution is -0.119. The van der Waals surface area contributed by atoms with Gasteiger partial charge in [-0.05, 0) is 25.6 Å². The van der Waals surface area contributed by atoms with Crippen LogP contribution in [0.2, 0.25) is 0 Å². The highest BCUT2D eigenvalue weighted by atomic mass is 127. The van der Waals surface area contributed by atoms with Crippen molar-refractivity contribution >= 4 is 35.8 Å². The molecule has 28 heavy (non-hydrogen) atoms. The zero-order valence-corrected chi connectivity index (χ0v) is 19.9. The number of amides is 1. The third kappa shape index (κ3) is 10.2. The Morgan fingerprint density at radius 3 is 2.36 bits per heavy atom. The molecule has 1 amide bonds. The van der Waals surface area contributed by atoms with Gasteiger partial charge in [0, 0.05) is 26.7 Å². The third-order valence-electron chi connectivity index (χ3n) is 4.25. The van der Waals surface area contributed by atoms with Crippen LogP contribution in [0.4, 0.5) is 0 Å². The van der Waals surface area contributed by atoms with Crippen molar-refractivity contribution < 1.29 is 9.53 Å². The summed E-state index contributed by atoms with van der Waals surface area (Å²) in [6.07, 6.45) is 0. The molecular formula is C20H36IN5O2. The van der Waals surface area contributed by atoms with Crippen molar-refractivity contribution in [1.82, 2.24) is 20.9 Å². The number of hydrogen-bond acceptors (Lipinski definition) is 4.